The van der Waals surface area contributed by atoms with Gasteiger partial charge in [-0.25, -0.2) is 0 Å². The van der Waals surface area contributed by atoms with Gasteiger partial charge in [0.05, 0.1) is 21.7 Å². The van der Waals surface area contributed by atoms with Crippen LogP contribution in [0.3, 0.4) is 0 Å². The van der Waals surface area contributed by atoms with Gasteiger partial charge in [0.15, 0.2) is 0 Å². The van der Waals surface area contributed by atoms with E-state index >= 15 is 0 Å². The molecule has 1 N–H and O–H groups in total. The number of halogens is 2. The molecule has 1 aliphatic heterocycles. The van der Waals surface area contributed by atoms with Gasteiger partial charge in [0, 0.05) is 12.1 Å². The van der Waals surface area contributed by atoms with Crippen molar-refractivity contribution in [3.05, 3.63) is 81.9 Å². The molecule has 0 aromatic heterocycles. The molecule has 0 saturated carbocycles. The van der Waals surface area contributed by atoms with Gasteiger partial charge < -0.3 is 14.7 Å². The van der Waals surface area contributed by atoms with Crippen molar-refractivity contribution in [3.63, 3.8) is 0 Å². The van der Waals surface area contributed by atoms with Crippen LogP contribution in [0, 0.1) is 0 Å². The van der Waals surface area contributed by atoms with Gasteiger partial charge in [-0.05, 0) is 42.3 Å². The molecular formula is C23H21Cl2NO4. The lowest BCUT2D eigenvalue weighted by molar-refractivity contribution is -0.139. The Bertz CT molecular complexity index is 1030. The first-order valence-corrected chi connectivity index (χ1v) is 10.2. The van der Waals surface area contributed by atoms with Crippen LogP contribution < -0.4 is 4.74 Å². The van der Waals surface area contributed by atoms with E-state index in [1.54, 1.807) is 36.4 Å². The van der Waals surface area contributed by atoms with Crippen LogP contribution in [0.25, 0.3) is 5.76 Å². The summed E-state index contributed by atoms with van der Waals surface area (Å²) in [5.41, 5.74) is 0.974. The first kappa shape index (κ1) is 21.9. The molecular weight excluding hydrogens is 425 g/mol. The number of amides is 1. The molecule has 1 saturated heterocycles. The Kier molecular flexibility index (Phi) is 6.85. The molecule has 5 nitrogen and oxygen atoms in total. The van der Waals surface area contributed by atoms with Crippen LogP contribution in [0.5, 0.6) is 5.75 Å². The van der Waals surface area contributed by atoms with Crippen molar-refractivity contribution in [2.75, 3.05) is 13.2 Å². The summed E-state index contributed by atoms with van der Waals surface area (Å²) in [4.78, 5) is 27.1. The second-order valence-corrected chi connectivity index (χ2v) is 7.61. The number of ketones is 1. The standard InChI is InChI=1S/C23H21Cl2NO4/c1-3-10-26-20(14-6-5-7-16(12-14)30-11-4-2)19(22(28)23(26)29)21(27)15-8-9-17(24)18(25)13-15/h4-9,12-13,20,27H,2-3,10-11H2,1H3/b21-19-. The molecule has 156 valence electrons. The summed E-state index contributed by atoms with van der Waals surface area (Å²) >= 11 is 12.0. The minimum absolute atomic E-state index is 0.00714. The number of ether oxygens (including phenoxy) is 1. The van der Waals surface area contributed by atoms with Crippen LogP contribution in [-0.2, 0) is 9.59 Å². The maximum absolute atomic E-state index is 12.9. The van der Waals surface area contributed by atoms with E-state index in [9.17, 15) is 14.7 Å². The molecule has 1 unspecified atom stereocenters. The molecule has 1 aliphatic rings. The number of aliphatic hydroxyl groups is 1. The average Bonchev–Trinajstić information content (AvgIpc) is 2.99. The van der Waals surface area contributed by atoms with Gasteiger partial charge in [0.2, 0.25) is 0 Å². The highest BCUT2D eigenvalue weighted by Gasteiger charge is 2.45. The Morgan fingerprint density at radius 1 is 1.20 bits per heavy atom. The van der Waals surface area contributed by atoms with Crippen LogP contribution in [0.4, 0.5) is 0 Å². The maximum atomic E-state index is 12.9. The van der Waals surface area contributed by atoms with E-state index in [4.69, 9.17) is 27.9 Å². The summed E-state index contributed by atoms with van der Waals surface area (Å²) in [5.74, 6) is -1.12. The number of benzene rings is 2. The largest absolute Gasteiger partial charge is 0.507 e. The highest BCUT2D eigenvalue weighted by Crippen LogP contribution is 2.40. The number of nitrogens with zero attached hydrogens (tertiary/aromatic N) is 1. The molecule has 1 heterocycles. The number of Topliss-reactive ketones (excluding diaryl/α,β-unsaturated/α-hetero) is 1. The normalized spacial score (nSPS) is 18.0. The van der Waals surface area contributed by atoms with E-state index in [2.05, 4.69) is 6.58 Å². The van der Waals surface area contributed by atoms with Gasteiger partial charge in [-0.1, -0.05) is 54.9 Å². The van der Waals surface area contributed by atoms with Crippen molar-refractivity contribution < 1.29 is 19.4 Å². The van der Waals surface area contributed by atoms with Crippen molar-refractivity contribution in [2.45, 2.75) is 19.4 Å². The van der Waals surface area contributed by atoms with E-state index in [1.807, 2.05) is 6.92 Å². The van der Waals surface area contributed by atoms with Gasteiger partial charge in [0.25, 0.3) is 11.7 Å². The summed E-state index contributed by atoms with van der Waals surface area (Å²) in [7, 11) is 0. The first-order chi connectivity index (χ1) is 14.4. The predicted octanol–water partition coefficient (Wildman–Crippen LogP) is 5.39. The second kappa shape index (κ2) is 9.37. The average molecular weight is 446 g/mol. The number of carbonyl (C=O) groups is 2. The molecule has 2 aromatic carbocycles. The molecule has 1 atom stereocenters. The highest BCUT2D eigenvalue weighted by atomic mass is 35.5. The van der Waals surface area contributed by atoms with Crippen LogP contribution in [0.2, 0.25) is 10.0 Å². The molecule has 0 radical (unpaired) electrons. The van der Waals surface area contributed by atoms with Gasteiger partial charge >= 0.3 is 0 Å². The third-order valence-electron chi connectivity index (χ3n) is 4.74. The Morgan fingerprint density at radius 2 is 1.97 bits per heavy atom. The van der Waals surface area contributed by atoms with E-state index in [0.717, 1.165) is 0 Å². The Morgan fingerprint density at radius 3 is 2.63 bits per heavy atom. The van der Waals surface area contributed by atoms with Gasteiger partial charge in [-0.15, -0.1) is 0 Å². The van der Waals surface area contributed by atoms with Crippen LogP contribution in [-0.4, -0.2) is 34.8 Å². The van der Waals surface area contributed by atoms with E-state index in [0.29, 0.717) is 41.5 Å². The lowest BCUT2D eigenvalue weighted by atomic mass is 9.95. The summed E-state index contributed by atoms with van der Waals surface area (Å²) in [5, 5.41) is 11.5. The van der Waals surface area contributed by atoms with Crippen molar-refractivity contribution in [1.29, 1.82) is 0 Å². The fourth-order valence-electron chi connectivity index (χ4n) is 3.43. The number of likely N-dealkylation sites (tertiary alicyclic amines) is 1. The zero-order chi connectivity index (χ0) is 21.8. The molecule has 1 amide bonds. The molecule has 30 heavy (non-hydrogen) atoms. The van der Waals surface area contributed by atoms with E-state index in [-0.39, 0.29) is 16.4 Å². The number of hydrogen-bond donors (Lipinski definition) is 1. The highest BCUT2D eigenvalue weighted by molar-refractivity contribution is 6.46. The third-order valence-corrected chi connectivity index (χ3v) is 5.48. The zero-order valence-corrected chi connectivity index (χ0v) is 17.9. The number of hydrogen-bond acceptors (Lipinski definition) is 4. The fourth-order valence-corrected chi connectivity index (χ4v) is 3.72. The number of carbonyl (C=O) groups excluding carboxylic acids is 2. The summed E-state index contributed by atoms with van der Waals surface area (Å²) < 4.78 is 5.60. The lowest BCUT2D eigenvalue weighted by Gasteiger charge is -2.25. The fraction of sp³-hybridized carbons (Fsp3) is 0.217. The van der Waals surface area contributed by atoms with Crippen LogP contribution in [0.15, 0.2) is 60.7 Å². The summed E-state index contributed by atoms with van der Waals surface area (Å²) in [6.45, 7) is 6.23. The van der Waals surface area contributed by atoms with Crippen LogP contribution >= 0.6 is 23.2 Å². The SMILES string of the molecule is C=CCOc1cccc(C2/C(=C(/O)c3ccc(Cl)c(Cl)c3)C(=O)C(=O)N2CCC)c1. The predicted molar refractivity (Wildman–Crippen MR) is 118 cm³/mol. The van der Waals surface area contributed by atoms with E-state index in [1.165, 1.54) is 17.0 Å². The van der Waals surface area contributed by atoms with Crippen molar-refractivity contribution in [2.24, 2.45) is 0 Å². The molecule has 7 heteroatoms. The van der Waals surface area contributed by atoms with Gasteiger partial charge in [-0.2, -0.15) is 0 Å². The minimum Gasteiger partial charge on any atom is -0.507 e. The summed E-state index contributed by atoms with van der Waals surface area (Å²) in [6.07, 6.45) is 2.28. The van der Waals surface area contributed by atoms with Crippen molar-refractivity contribution in [3.8, 4) is 5.75 Å². The molecule has 0 aliphatic carbocycles. The molecule has 0 bridgehead atoms. The van der Waals surface area contributed by atoms with Gasteiger partial charge in [-0.3, -0.25) is 9.59 Å². The quantitative estimate of drug-likeness (QED) is 0.268. The Balaban J connectivity index is 2.16. The second-order valence-electron chi connectivity index (χ2n) is 6.79. The molecule has 1 fully saturated rings. The molecule has 2 aromatic rings. The third kappa shape index (κ3) is 4.23. The topological polar surface area (TPSA) is 66.8 Å². The zero-order valence-electron chi connectivity index (χ0n) is 16.4. The monoisotopic (exact) mass is 445 g/mol. The summed E-state index contributed by atoms with van der Waals surface area (Å²) in [6, 6.07) is 10.9. The first-order valence-electron chi connectivity index (χ1n) is 9.46. The minimum atomic E-state index is -0.744. The molecule has 0 spiro atoms. The number of rotatable bonds is 7. The smallest absolute Gasteiger partial charge is 0.295 e. The lowest BCUT2D eigenvalue weighted by Crippen LogP contribution is -2.30. The number of aliphatic hydroxyl groups excluding tert-OH is 1. The van der Waals surface area contributed by atoms with Gasteiger partial charge in [0.1, 0.15) is 18.1 Å². The Labute approximate surface area is 185 Å². The van der Waals surface area contributed by atoms with Crippen molar-refractivity contribution >= 4 is 40.7 Å². The molecule has 3 rings (SSSR count). The van der Waals surface area contributed by atoms with Crippen molar-refractivity contribution in [1.82, 2.24) is 4.90 Å². The Hall–Kier alpha value is -2.76. The van der Waals surface area contributed by atoms with Crippen LogP contribution in [0.1, 0.15) is 30.5 Å². The van der Waals surface area contributed by atoms with E-state index < -0.39 is 17.7 Å². The maximum Gasteiger partial charge on any atom is 0.295 e.